The molecule has 7 nitrogen and oxygen atoms in total. The molecule has 4 aromatic rings. The molecule has 11 heteroatoms. The molecule has 1 atom stereocenters. The third-order valence-corrected chi connectivity index (χ3v) is 7.96. The first-order valence-electron chi connectivity index (χ1n) is 12.6. The summed E-state index contributed by atoms with van der Waals surface area (Å²) in [6.45, 7) is 1.84. The van der Waals surface area contributed by atoms with E-state index in [-0.39, 0.29) is 23.0 Å². The lowest BCUT2D eigenvalue weighted by Crippen LogP contribution is -2.31. The van der Waals surface area contributed by atoms with Gasteiger partial charge in [0.1, 0.15) is 5.75 Å². The molecule has 0 radical (unpaired) electrons. The van der Waals surface area contributed by atoms with Crippen LogP contribution in [0.2, 0.25) is 0 Å². The summed E-state index contributed by atoms with van der Waals surface area (Å²) in [6.07, 6.45) is -1.38. The average molecular weight is 571 g/mol. The Morgan fingerprint density at radius 3 is 2.33 bits per heavy atom. The number of nitrogens with zero attached hydrogens (tertiary/aromatic N) is 1. The highest BCUT2D eigenvalue weighted by molar-refractivity contribution is 7.89. The number of hydrogen-bond donors (Lipinski definition) is 1. The monoisotopic (exact) mass is 570 g/mol. The summed E-state index contributed by atoms with van der Waals surface area (Å²) in [5.74, 6) is -0.827. The minimum absolute atomic E-state index is 0.101. The lowest BCUT2D eigenvalue weighted by molar-refractivity contribution is -0.274. The highest BCUT2D eigenvalue weighted by atomic mass is 32.2. The number of fused-ring (bicyclic) bond motifs is 1. The summed E-state index contributed by atoms with van der Waals surface area (Å²) in [4.78, 5) is 16.6. The van der Waals surface area contributed by atoms with Crippen molar-refractivity contribution >= 4 is 26.8 Å². The summed E-state index contributed by atoms with van der Waals surface area (Å²) < 4.78 is 77.0. The number of nitrogens with one attached hydrogen (secondary N) is 1. The van der Waals surface area contributed by atoms with Gasteiger partial charge in [0.25, 0.3) is 0 Å². The van der Waals surface area contributed by atoms with Crippen LogP contribution < -0.4 is 9.46 Å². The van der Waals surface area contributed by atoms with Gasteiger partial charge in [0, 0.05) is 11.6 Å². The Hall–Kier alpha value is -3.96. The minimum atomic E-state index is -4.86. The van der Waals surface area contributed by atoms with Gasteiger partial charge in [0.05, 0.1) is 28.8 Å². The molecule has 1 aliphatic carbocycles. The quantitative estimate of drug-likeness (QED) is 0.239. The van der Waals surface area contributed by atoms with Crippen molar-refractivity contribution in [3.63, 3.8) is 0 Å². The first-order valence-corrected chi connectivity index (χ1v) is 14.1. The molecule has 0 aliphatic heterocycles. The summed E-state index contributed by atoms with van der Waals surface area (Å²) in [5.41, 5.74) is 1.95. The predicted molar refractivity (Wildman–Crippen MR) is 141 cm³/mol. The number of benzene rings is 3. The number of alkyl halides is 3. The second-order valence-corrected chi connectivity index (χ2v) is 11.0. The van der Waals surface area contributed by atoms with Crippen LogP contribution in [0.25, 0.3) is 10.8 Å². The molecule has 1 aromatic heterocycles. The minimum Gasteiger partial charge on any atom is -0.462 e. The van der Waals surface area contributed by atoms with E-state index in [1.54, 1.807) is 13.1 Å². The van der Waals surface area contributed by atoms with Gasteiger partial charge < -0.3 is 9.47 Å². The van der Waals surface area contributed by atoms with Gasteiger partial charge in [-0.15, -0.1) is 13.2 Å². The van der Waals surface area contributed by atoms with Crippen molar-refractivity contribution in [3.8, 4) is 5.75 Å². The number of halogens is 3. The van der Waals surface area contributed by atoms with Crippen molar-refractivity contribution in [2.75, 3.05) is 6.61 Å². The van der Waals surface area contributed by atoms with Gasteiger partial charge in [-0.1, -0.05) is 36.4 Å². The predicted octanol–water partition coefficient (Wildman–Crippen LogP) is 6.26. The standard InChI is InChI=1S/C29H25F3N2O5S/c1-2-38-28(35)20-11-15-23(16-12-20)40(36,37)34-26(19-9-13-22(14-10-19)39-29(30,31)32)27-25(18-7-8-18)24-6-4-3-5-21(24)17-33-27/h3-6,9-18,26,34H,2,7-8H2,1H3. The third kappa shape index (κ3) is 6.10. The van der Waals surface area contributed by atoms with Crippen molar-refractivity contribution in [3.05, 3.63) is 101 Å². The van der Waals surface area contributed by atoms with Crippen LogP contribution in [-0.4, -0.2) is 32.3 Å². The molecule has 1 fully saturated rings. The lowest BCUT2D eigenvalue weighted by Gasteiger charge is -2.23. The van der Waals surface area contributed by atoms with Gasteiger partial charge in [-0.05, 0) is 78.6 Å². The Balaban J connectivity index is 1.57. The third-order valence-electron chi connectivity index (χ3n) is 6.52. The number of carbonyl (C=O) groups excluding carboxylic acids is 1. The molecule has 0 saturated heterocycles. The van der Waals surface area contributed by atoms with Gasteiger partial charge in [0.2, 0.25) is 10.0 Å². The van der Waals surface area contributed by atoms with Gasteiger partial charge in [-0.3, -0.25) is 4.98 Å². The summed E-state index contributed by atoms with van der Waals surface area (Å²) in [6, 6.07) is 17.0. The van der Waals surface area contributed by atoms with E-state index in [1.807, 2.05) is 24.3 Å². The summed E-state index contributed by atoms with van der Waals surface area (Å²) in [7, 11) is -4.18. The van der Waals surface area contributed by atoms with E-state index in [1.165, 1.54) is 36.4 Å². The summed E-state index contributed by atoms with van der Waals surface area (Å²) in [5, 5.41) is 1.84. The van der Waals surface area contributed by atoms with Crippen LogP contribution in [-0.2, 0) is 14.8 Å². The van der Waals surface area contributed by atoms with Crippen molar-refractivity contribution in [1.29, 1.82) is 0 Å². The molecule has 3 aromatic carbocycles. The number of carbonyl (C=O) groups is 1. The Morgan fingerprint density at radius 2 is 1.70 bits per heavy atom. The molecule has 0 spiro atoms. The Labute approximate surface area is 229 Å². The van der Waals surface area contributed by atoms with E-state index >= 15 is 0 Å². The molecule has 40 heavy (non-hydrogen) atoms. The topological polar surface area (TPSA) is 94.6 Å². The molecule has 0 amide bonds. The maximum atomic E-state index is 13.6. The molecule has 1 aliphatic rings. The smallest absolute Gasteiger partial charge is 0.462 e. The van der Waals surface area contributed by atoms with Crippen molar-refractivity contribution in [2.24, 2.45) is 0 Å². The molecule has 1 unspecified atom stereocenters. The fourth-order valence-electron chi connectivity index (χ4n) is 4.58. The number of aromatic nitrogens is 1. The highest BCUT2D eigenvalue weighted by Gasteiger charge is 2.34. The average Bonchev–Trinajstić information content (AvgIpc) is 3.76. The van der Waals surface area contributed by atoms with Crippen LogP contribution in [0.15, 0.2) is 83.9 Å². The number of sulfonamides is 1. The van der Waals surface area contributed by atoms with Crippen molar-refractivity contribution < 1.29 is 35.9 Å². The first-order chi connectivity index (χ1) is 19.1. The summed E-state index contributed by atoms with van der Waals surface area (Å²) >= 11 is 0. The van der Waals surface area contributed by atoms with Gasteiger partial charge in [-0.2, -0.15) is 4.72 Å². The van der Waals surface area contributed by atoms with E-state index in [0.717, 1.165) is 41.3 Å². The fourth-order valence-corrected chi connectivity index (χ4v) is 5.77. The SMILES string of the molecule is CCOC(=O)c1ccc(S(=O)(=O)NC(c2ccc(OC(F)(F)F)cc2)c2ncc3ccccc3c2C2CC2)cc1. The molecule has 1 heterocycles. The van der Waals surface area contributed by atoms with Crippen LogP contribution in [0, 0.1) is 0 Å². The molecule has 0 bridgehead atoms. The van der Waals surface area contributed by atoms with Crippen molar-refractivity contribution in [2.45, 2.75) is 43.0 Å². The molecule has 1 N–H and O–H groups in total. The molecular weight excluding hydrogens is 545 g/mol. The Kier molecular flexibility index (Phi) is 7.52. The molecular formula is C29H25F3N2O5S. The number of rotatable bonds is 9. The number of esters is 1. The number of hydrogen-bond acceptors (Lipinski definition) is 6. The van der Waals surface area contributed by atoms with E-state index in [9.17, 15) is 26.4 Å². The zero-order valence-electron chi connectivity index (χ0n) is 21.3. The van der Waals surface area contributed by atoms with E-state index < -0.39 is 34.1 Å². The largest absolute Gasteiger partial charge is 0.573 e. The Bertz CT molecular complexity index is 1640. The second-order valence-electron chi connectivity index (χ2n) is 9.33. The van der Waals surface area contributed by atoms with Crippen LogP contribution in [0.4, 0.5) is 13.2 Å². The first kappa shape index (κ1) is 27.6. The Morgan fingerprint density at radius 1 is 1.02 bits per heavy atom. The fraction of sp³-hybridized carbons (Fsp3) is 0.241. The number of ether oxygens (including phenoxy) is 2. The van der Waals surface area contributed by atoms with Gasteiger partial charge in [0.15, 0.2) is 0 Å². The molecule has 1 saturated carbocycles. The molecule has 5 rings (SSSR count). The van der Waals surface area contributed by atoms with E-state index in [2.05, 4.69) is 14.4 Å². The van der Waals surface area contributed by atoms with Crippen LogP contribution in [0.1, 0.15) is 58.9 Å². The normalized spacial score (nSPS) is 14.6. The van der Waals surface area contributed by atoms with E-state index in [0.29, 0.717) is 11.3 Å². The lowest BCUT2D eigenvalue weighted by atomic mass is 9.94. The highest BCUT2D eigenvalue weighted by Crippen LogP contribution is 2.46. The van der Waals surface area contributed by atoms with E-state index in [4.69, 9.17) is 4.74 Å². The zero-order chi connectivity index (χ0) is 28.5. The molecule has 208 valence electrons. The van der Waals surface area contributed by atoms with Crippen LogP contribution in [0.5, 0.6) is 5.75 Å². The zero-order valence-corrected chi connectivity index (χ0v) is 22.1. The second kappa shape index (κ2) is 10.9. The number of pyridine rings is 1. The maximum Gasteiger partial charge on any atom is 0.573 e. The van der Waals surface area contributed by atoms with Crippen molar-refractivity contribution in [1.82, 2.24) is 9.71 Å². The van der Waals surface area contributed by atoms with Gasteiger partial charge in [-0.25, -0.2) is 13.2 Å². The maximum absolute atomic E-state index is 13.6. The van der Waals surface area contributed by atoms with Crippen LogP contribution >= 0.6 is 0 Å². The van der Waals surface area contributed by atoms with Gasteiger partial charge >= 0.3 is 12.3 Å². The van der Waals surface area contributed by atoms with Crippen LogP contribution in [0.3, 0.4) is 0 Å².